The number of cyclic esters (lactones) is 1. The second-order valence-electron chi connectivity index (χ2n) is 6.69. The van der Waals surface area contributed by atoms with Crippen molar-refractivity contribution in [2.75, 3.05) is 0 Å². The summed E-state index contributed by atoms with van der Waals surface area (Å²) in [6.07, 6.45) is 1.75. The number of rotatable bonds is 4. The molecular weight excluding hydrogens is 392 g/mol. The molecule has 30 heavy (non-hydrogen) atoms. The first-order valence-corrected chi connectivity index (χ1v) is 10.3. The topological polar surface area (TPSA) is 51.5 Å². The summed E-state index contributed by atoms with van der Waals surface area (Å²) in [5.41, 5.74) is 2.76. The van der Waals surface area contributed by atoms with E-state index < -0.39 is 5.97 Å². The fourth-order valence-corrected chi connectivity index (χ4v) is 4.06. The van der Waals surface area contributed by atoms with E-state index in [4.69, 9.17) is 9.72 Å². The molecule has 0 fully saturated rings. The van der Waals surface area contributed by atoms with E-state index in [9.17, 15) is 4.79 Å². The lowest BCUT2D eigenvalue weighted by molar-refractivity contribution is -0.129. The van der Waals surface area contributed by atoms with E-state index in [0.717, 1.165) is 32.0 Å². The van der Waals surface area contributed by atoms with Gasteiger partial charge in [-0.25, -0.2) is 14.8 Å². The third-order valence-corrected chi connectivity index (χ3v) is 5.64. The summed E-state index contributed by atoms with van der Waals surface area (Å²) in [4.78, 5) is 22.8. The number of nitrogens with zero attached hydrogens (tertiary/aromatic N) is 2. The highest BCUT2D eigenvalue weighted by molar-refractivity contribution is 7.99. The SMILES string of the molecule is O=C1OC(c2ccccc2)=N/C1=C/c1cc2ccccc2nc1Sc1ccccc1. The van der Waals surface area contributed by atoms with E-state index in [1.54, 1.807) is 17.8 Å². The van der Waals surface area contributed by atoms with Gasteiger partial charge in [-0.2, -0.15) is 0 Å². The van der Waals surface area contributed by atoms with Gasteiger partial charge in [0.25, 0.3) is 0 Å². The third kappa shape index (κ3) is 3.75. The van der Waals surface area contributed by atoms with Crippen LogP contribution in [0.5, 0.6) is 0 Å². The van der Waals surface area contributed by atoms with Crippen molar-refractivity contribution in [3.63, 3.8) is 0 Å². The molecule has 4 nitrogen and oxygen atoms in total. The number of aliphatic imine (C=N–C) groups is 1. The number of esters is 1. The van der Waals surface area contributed by atoms with Crippen LogP contribution in [0.15, 0.2) is 112 Å². The van der Waals surface area contributed by atoms with Crippen molar-refractivity contribution in [2.24, 2.45) is 4.99 Å². The van der Waals surface area contributed by atoms with Crippen molar-refractivity contribution in [3.05, 3.63) is 108 Å². The molecule has 144 valence electrons. The van der Waals surface area contributed by atoms with Crippen LogP contribution in [0.2, 0.25) is 0 Å². The normalized spacial score (nSPS) is 14.7. The molecule has 0 spiro atoms. The summed E-state index contributed by atoms with van der Waals surface area (Å²) in [6.45, 7) is 0. The molecule has 3 aromatic carbocycles. The van der Waals surface area contributed by atoms with Crippen molar-refractivity contribution in [1.29, 1.82) is 0 Å². The first kappa shape index (κ1) is 18.3. The van der Waals surface area contributed by atoms with Gasteiger partial charge in [0.2, 0.25) is 5.90 Å². The van der Waals surface area contributed by atoms with E-state index in [-0.39, 0.29) is 5.70 Å². The molecule has 0 radical (unpaired) electrons. The van der Waals surface area contributed by atoms with E-state index in [0.29, 0.717) is 5.90 Å². The molecule has 0 saturated heterocycles. The first-order valence-electron chi connectivity index (χ1n) is 9.47. The highest BCUT2D eigenvalue weighted by atomic mass is 32.2. The van der Waals surface area contributed by atoms with Gasteiger partial charge in [0.05, 0.1) is 5.52 Å². The molecule has 1 aromatic heterocycles. The predicted molar refractivity (Wildman–Crippen MR) is 119 cm³/mol. The maximum atomic E-state index is 12.5. The number of hydrogen-bond donors (Lipinski definition) is 0. The molecule has 1 aliphatic heterocycles. The largest absolute Gasteiger partial charge is 0.402 e. The standard InChI is InChI=1S/C25H16N2O2S/c28-25-22(26-23(29-25)17-9-3-1-4-10-17)16-19-15-18-11-7-8-14-21(18)27-24(19)30-20-12-5-2-6-13-20/h1-16H/b22-16+. The van der Waals surface area contributed by atoms with E-state index in [2.05, 4.69) is 4.99 Å². The Morgan fingerprint density at radius 1 is 0.833 bits per heavy atom. The highest BCUT2D eigenvalue weighted by Crippen LogP contribution is 2.33. The molecule has 2 heterocycles. The number of carbonyl (C=O) groups is 1. The highest BCUT2D eigenvalue weighted by Gasteiger charge is 2.24. The molecule has 0 amide bonds. The molecule has 5 heteroatoms. The zero-order valence-corrected chi connectivity index (χ0v) is 16.7. The number of carbonyl (C=O) groups excluding carboxylic acids is 1. The van der Waals surface area contributed by atoms with Crippen LogP contribution in [-0.2, 0) is 9.53 Å². The number of pyridine rings is 1. The summed E-state index contributed by atoms with van der Waals surface area (Å²) < 4.78 is 5.39. The van der Waals surface area contributed by atoms with Gasteiger partial charge in [0, 0.05) is 21.4 Å². The number of fused-ring (bicyclic) bond motifs is 1. The van der Waals surface area contributed by atoms with Gasteiger partial charge in [-0.1, -0.05) is 66.4 Å². The second kappa shape index (κ2) is 7.97. The molecule has 1 aliphatic rings. The first-order chi connectivity index (χ1) is 14.8. The van der Waals surface area contributed by atoms with E-state index in [1.807, 2.05) is 91.0 Å². The molecule has 4 aromatic rings. The molecule has 0 N–H and O–H groups in total. The number of aromatic nitrogens is 1. The lowest BCUT2D eigenvalue weighted by atomic mass is 10.1. The Labute approximate surface area is 178 Å². The molecule has 5 rings (SSSR count). The number of benzene rings is 3. The van der Waals surface area contributed by atoms with Gasteiger partial charge in [-0.05, 0) is 42.5 Å². The van der Waals surface area contributed by atoms with Gasteiger partial charge in [0.15, 0.2) is 5.70 Å². The fourth-order valence-electron chi connectivity index (χ4n) is 3.16. The Hall–Kier alpha value is -3.70. The van der Waals surface area contributed by atoms with Crippen LogP contribution >= 0.6 is 11.8 Å². The number of ether oxygens (including phenoxy) is 1. The lowest BCUT2D eigenvalue weighted by Gasteiger charge is -2.08. The molecule has 0 aliphatic carbocycles. The predicted octanol–water partition coefficient (Wildman–Crippen LogP) is 5.73. The fraction of sp³-hybridized carbons (Fsp3) is 0. The van der Waals surface area contributed by atoms with Gasteiger partial charge in [-0.3, -0.25) is 0 Å². The monoisotopic (exact) mass is 408 g/mol. The number of para-hydroxylation sites is 1. The van der Waals surface area contributed by atoms with Crippen LogP contribution in [-0.4, -0.2) is 16.9 Å². The second-order valence-corrected chi connectivity index (χ2v) is 7.75. The van der Waals surface area contributed by atoms with Gasteiger partial charge in [-0.15, -0.1) is 0 Å². The summed E-state index contributed by atoms with van der Waals surface area (Å²) in [5.74, 6) is -0.143. The smallest absolute Gasteiger partial charge is 0.363 e. The lowest BCUT2D eigenvalue weighted by Crippen LogP contribution is -2.05. The quantitative estimate of drug-likeness (QED) is 0.320. The minimum atomic E-state index is -0.460. The van der Waals surface area contributed by atoms with Crippen LogP contribution in [0.1, 0.15) is 11.1 Å². The van der Waals surface area contributed by atoms with Gasteiger partial charge in [0.1, 0.15) is 5.03 Å². The minimum Gasteiger partial charge on any atom is -0.402 e. The van der Waals surface area contributed by atoms with Gasteiger partial charge >= 0.3 is 5.97 Å². The maximum Gasteiger partial charge on any atom is 0.363 e. The van der Waals surface area contributed by atoms with Crippen molar-refractivity contribution >= 4 is 40.6 Å². The van der Waals surface area contributed by atoms with Crippen molar-refractivity contribution in [1.82, 2.24) is 4.98 Å². The average molecular weight is 408 g/mol. The van der Waals surface area contributed by atoms with E-state index >= 15 is 0 Å². The third-order valence-electron chi connectivity index (χ3n) is 4.61. The minimum absolute atomic E-state index is 0.265. The summed E-state index contributed by atoms with van der Waals surface area (Å²) in [5, 5.41) is 1.81. The molecule has 0 bridgehead atoms. The van der Waals surface area contributed by atoms with Crippen LogP contribution in [0.4, 0.5) is 0 Å². The van der Waals surface area contributed by atoms with Crippen LogP contribution in [0, 0.1) is 0 Å². The van der Waals surface area contributed by atoms with Crippen molar-refractivity contribution < 1.29 is 9.53 Å². The van der Waals surface area contributed by atoms with E-state index in [1.165, 1.54) is 0 Å². The Kier molecular flexibility index (Phi) is 4.87. The van der Waals surface area contributed by atoms with Crippen LogP contribution < -0.4 is 0 Å². The number of hydrogen-bond acceptors (Lipinski definition) is 5. The zero-order chi connectivity index (χ0) is 20.3. The summed E-state index contributed by atoms with van der Waals surface area (Å²) >= 11 is 1.55. The molecule has 0 unspecified atom stereocenters. The zero-order valence-electron chi connectivity index (χ0n) is 15.9. The molecule has 0 atom stereocenters. The summed E-state index contributed by atoms with van der Waals surface area (Å²) in [6, 6.07) is 29.4. The Bertz CT molecular complexity index is 1300. The Morgan fingerprint density at radius 2 is 1.53 bits per heavy atom. The van der Waals surface area contributed by atoms with Crippen molar-refractivity contribution in [2.45, 2.75) is 9.92 Å². The molecule has 0 saturated carbocycles. The van der Waals surface area contributed by atoms with Gasteiger partial charge < -0.3 is 4.74 Å². The maximum absolute atomic E-state index is 12.5. The summed E-state index contributed by atoms with van der Waals surface area (Å²) in [7, 11) is 0. The van der Waals surface area contributed by atoms with Crippen molar-refractivity contribution in [3.8, 4) is 0 Å². The average Bonchev–Trinajstić information content (AvgIpc) is 3.16. The van der Waals surface area contributed by atoms with Crippen LogP contribution in [0.25, 0.3) is 17.0 Å². The molecular formula is C25H16N2O2S. The van der Waals surface area contributed by atoms with Crippen LogP contribution in [0.3, 0.4) is 0 Å². The Balaban J connectivity index is 1.59. The Morgan fingerprint density at radius 3 is 2.33 bits per heavy atom.